The number of benzene rings is 2. The van der Waals surface area contributed by atoms with Gasteiger partial charge in [0.1, 0.15) is 11.3 Å². The molecule has 0 saturated carbocycles. The molecular formula is C22H21N3O4. The van der Waals surface area contributed by atoms with Crippen LogP contribution in [0.4, 0.5) is 0 Å². The van der Waals surface area contributed by atoms with Crippen LogP contribution < -0.4 is 15.7 Å². The SMILES string of the molecule is CCOc1ccc2c(C(=O)NCCCn3cnc4ccccc43)cc(=O)oc2c1. The molecule has 0 saturated heterocycles. The van der Waals surface area contributed by atoms with E-state index in [0.717, 1.165) is 24.0 Å². The van der Waals surface area contributed by atoms with Crippen molar-refractivity contribution in [2.24, 2.45) is 0 Å². The number of nitrogens with zero attached hydrogens (tertiary/aromatic N) is 2. The lowest BCUT2D eigenvalue weighted by Crippen LogP contribution is -2.26. The molecule has 1 amide bonds. The Bertz CT molecular complexity index is 1230. The Morgan fingerprint density at radius 2 is 2.07 bits per heavy atom. The number of imidazole rings is 1. The fraction of sp³-hybridized carbons (Fsp3) is 0.227. The van der Waals surface area contributed by atoms with Gasteiger partial charge < -0.3 is 19.0 Å². The Balaban J connectivity index is 1.44. The quantitative estimate of drug-likeness (QED) is 0.386. The van der Waals surface area contributed by atoms with Crippen molar-refractivity contribution in [2.45, 2.75) is 19.9 Å². The first-order valence-electron chi connectivity index (χ1n) is 9.54. The van der Waals surface area contributed by atoms with Crippen LogP contribution in [0.3, 0.4) is 0 Å². The lowest BCUT2D eigenvalue weighted by molar-refractivity contribution is 0.0954. The molecule has 0 aliphatic heterocycles. The fourth-order valence-electron chi connectivity index (χ4n) is 3.32. The van der Waals surface area contributed by atoms with Crippen LogP contribution in [0.2, 0.25) is 0 Å². The molecule has 1 N–H and O–H groups in total. The number of fused-ring (bicyclic) bond motifs is 2. The van der Waals surface area contributed by atoms with E-state index in [9.17, 15) is 9.59 Å². The van der Waals surface area contributed by atoms with E-state index in [4.69, 9.17) is 9.15 Å². The molecule has 7 heteroatoms. The highest BCUT2D eigenvalue weighted by Gasteiger charge is 2.13. The minimum atomic E-state index is -0.568. The molecule has 148 valence electrons. The van der Waals surface area contributed by atoms with Crippen molar-refractivity contribution >= 4 is 27.9 Å². The Morgan fingerprint density at radius 3 is 2.93 bits per heavy atom. The summed E-state index contributed by atoms with van der Waals surface area (Å²) in [6.07, 6.45) is 2.54. The maximum Gasteiger partial charge on any atom is 0.337 e. The molecule has 0 aliphatic carbocycles. The van der Waals surface area contributed by atoms with Gasteiger partial charge in [-0.25, -0.2) is 9.78 Å². The number of amides is 1. The Labute approximate surface area is 166 Å². The van der Waals surface area contributed by atoms with Crippen molar-refractivity contribution in [1.29, 1.82) is 0 Å². The van der Waals surface area contributed by atoms with E-state index in [1.165, 1.54) is 6.07 Å². The van der Waals surface area contributed by atoms with Gasteiger partial charge in [-0.3, -0.25) is 4.79 Å². The molecule has 29 heavy (non-hydrogen) atoms. The third-order valence-electron chi connectivity index (χ3n) is 4.66. The van der Waals surface area contributed by atoms with Gasteiger partial charge in [-0.2, -0.15) is 0 Å². The zero-order valence-corrected chi connectivity index (χ0v) is 16.1. The van der Waals surface area contributed by atoms with Crippen molar-refractivity contribution in [3.8, 4) is 5.75 Å². The summed E-state index contributed by atoms with van der Waals surface area (Å²) in [5.74, 6) is 0.288. The number of para-hydroxylation sites is 2. The van der Waals surface area contributed by atoms with Gasteiger partial charge in [0, 0.05) is 30.6 Å². The molecule has 0 aliphatic rings. The number of aromatic nitrogens is 2. The van der Waals surface area contributed by atoms with E-state index in [0.29, 0.717) is 35.4 Å². The first kappa shape index (κ1) is 18.7. The molecule has 4 rings (SSSR count). The van der Waals surface area contributed by atoms with Gasteiger partial charge in [-0.1, -0.05) is 12.1 Å². The third-order valence-corrected chi connectivity index (χ3v) is 4.66. The molecule has 0 atom stereocenters. The van der Waals surface area contributed by atoms with Crippen LogP contribution in [0.1, 0.15) is 23.7 Å². The van der Waals surface area contributed by atoms with Crippen LogP contribution in [0.5, 0.6) is 5.75 Å². The summed E-state index contributed by atoms with van der Waals surface area (Å²) in [5.41, 5.74) is 2.08. The number of hydrogen-bond donors (Lipinski definition) is 1. The Morgan fingerprint density at radius 1 is 1.21 bits per heavy atom. The van der Waals surface area contributed by atoms with Gasteiger partial charge in [-0.15, -0.1) is 0 Å². The van der Waals surface area contributed by atoms with Crippen molar-refractivity contribution in [2.75, 3.05) is 13.2 Å². The molecular weight excluding hydrogens is 370 g/mol. The van der Waals surface area contributed by atoms with E-state index in [2.05, 4.69) is 14.9 Å². The van der Waals surface area contributed by atoms with E-state index < -0.39 is 5.63 Å². The second kappa shape index (κ2) is 8.18. The minimum Gasteiger partial charge on any atom is -0.494 e. The topological polar surface area (TPSA) is 86.4 Å². The predicted molar refractivity (Wildman–Crippen MR) is 110 cm³/mol. The Kier molecular flexibility index (Phi) is 5.29. The first-order chi connectivity index (χ1) is 14.2. The number of ether oxygens (including phenoxy) is 1. The van der Waals surface area contributed by atoms with E-state index >= 15 is 0 Å². The van der Waals surface area contributed by atoms with Crippen molar-refractivity contribution in [3.63, 3.8) is 0 Å². The van der Waals surface area contributed by atoms with E-state index in [1.54, 1.807) is 24.5 Å². The lowest BCUT2D eigenvalue weighted by atomic mass is 10.1. The summed E-state index contributed by atoms with van der Waals surface area (Å²) >= 11 is 0. The number of nitrogens with one attached hydrogen (secondary N) is 1. The van der Waals surface area contributed by atoms with Gasteiger partial charge in [0.15, 0.2) is 0 Å². The maximum absolute atomic E-state index is 12.7. The van der Waals surface area contributed by atoms with Gasteiger partial charge in [0.25, 0.3) is 5.91 Å². The molecule has 0 bridgehead atoms. The highest BCUT2D eigenvalue weighted by Crippen LogP contribution is 2.22. The molecule has 2 aromatic heterocycles. The summed E-state index contributed by atoms with van der Waals surface area (Å²) in [5, 5.41) is 3.46. The highest BCUT2D eigenvalue weighted by molar-refractivity contribution is 6.05. The van der Waals surface area contributed by atoms with Crippen LogP contribution in [-0.4, -0.2) is 28.6 Å². The summed E-state index contributed by atoms with van der Waals surface area (Å²) < 4.78 is 12.7. The monoisotopic (exact) mass is 391 g/mol. The number of rotatable bonds is 7. The molecule has 4 aromatic rings. The van der Waals surface area contributed by atoms with Crippen LogP contribution in [-0.2, 0) is 6.54 Å². The second-order valence-corrected chi connectivity index (χ2v) is 6.61. The molecule has 0 radical (unpaired) electrons. The molecule has 0 spiro atoms. The average molecular weight is 391 g/mol. The van der Waals surface area contributed by atoms with Gasteiger partial charge in [0.05, 0.1) is 29.5 Å². The zero-order chi connectivity index (χ0) is 20.2. The zero-order valence-electron chi connectivity index (χ0n) is 16.1. The van der Waals surface area contributed by atoms with Gasteiger partial charge in [-0.05, 0) is 37.6 Å². The summed E-state index contributed by atoms with van der Waals surface area (Å²) in [7, 11) is 0. The fourth-order valence-corrected chi connectivity index (χ4v) is 3.32. The summed E-state index contributed by atoms with van der Waals surface area (Å²) in [4.78, 5) is 28.9. The van der Waals surface area contributed by atoms with Gasteiger partial charge in [0.2, 0.25) is 0 Å². The lowest BCUT2D eigenvalue weighted by Gasteiger charge is -2.09. The van der Waals surface area contributed by atoms with E-state index in [-0.39, 0.29) is 5.91 Å². The minimum absolute atomic E-state index is 0.298. The standard InChI is InChI=1S/C22H21N3O4/c1-2-28-15-8-9-16-17(13-21(26)29-20(16)12-15)22(27)23-10-5-11-25-14-24-18-6-3-4-7-19(18)25/h3-4,6-9,12-14H,2,5,10-11H2,1H3,(H,23,27). The van der Waals surface area contributed by atoms with Gasteiger partial charge >= 0.3 is 5.63 Å². The van der Waals surface area contributed by atoms with Crippen LogP contribution >= 0.6 is 0 Å². The normalized spacial score (nSPS) is 11.1. The van der Waals surface area contributed by atoms with Crippen molar-refractivity contribution < 1.29 is 13.9 Å². The van der Waals surface area contributed by atoms with Crippen LogP contribution in [0.25, 0.3) is 22.0 Å². The second-order valence-electron chi connectivity index (χ2n) is 6.61. The number of hydrogen-bond acceptors (Lipinski definition) is 5. The molecule has 0 fully saturated rings. The largest absolute Gasteiger partial charge is 0.494 e. The molecule has 2 aromatic carbocycles. The van der Waals surface area contributed by atoms with E-state index in [1.807, 2.05) is 31.2 Å². The van der Waals surface area contributed by atoms with Crippen molar-refractivity contribution in [3.05, 3.63) is 70.8 Å². The molecule has 0 unspecified atom stereocenters. The number of aryl methyl sites for hydroxylation is 1. The molecule has 7 nitrogen and oxygen atoms in total. The van der Waals surface area contributed by atoms with Crippen LogP contribution in [0.15, 0.2) is 64.1 Å². The maximum atomic E-state index is 12.7. The first-order valence-corrected chi connectivity index (χ1v) is 9.54. The third kappa shape index (κ3) is 3.99. The van der Waals surface area contributed by atoms with Crippen molar-refractivity contribution in [1.82, 2.24) is 14.9 Å². The summed E-state index contributed by atoms with van der Waals surface area (Å²) in [6, 6.07) is 14.3. The molecule has 2 heterocycles. The Hall–Kier alpha value is -3.61. The highest BCUT2D eigenvalue weighted by atomic mass is 16.5. The average Bonchev–Trinajstić information content (AvgIpc) is 3.13. The van der Waals surface area contributed by atoms with Crippen LogP contribution in [0, 0.1) is 0 Å². The number of carbonyl (C=O) groups excluding carboxylic acids is 1. The number of carbonyl (C=O) groups is 1. The predicted octanol–water partition coefficient (Wildman–Crippen LogP) is 3.36. The summed E-state index contributed by atoms with van der Waals surface area (Å²) in [6.45, 7) is 3.58. The smallest absolute Gasteiger partial charge is 0.337 e.